The molecule has 2 aromatic heterocycles. The first-order valence-corrected chi connectivity index (χ1v) is 11.7. The highest BCUT2D eigenvalue weighted by Crippen LogP contribution is 2.48. The maximum atomic E-state index is 13.1. The Hall–Kier alpha value is -1.76. The number of aromatic nitrogens is 1. The van der Waals surface area contributed by atoms with Gasteiger partial charge < -0.3 is 4.90 Å². The number of hydrogen-bond acceptors (Lipinski definition) is 5. The average Bonchev–Trinajstić information content (AvgIpc) is 3.26. The zero-order chi connectivity index (χ0) is 19.3. The first-order valence-electron chi connectivity index (χ1n) is 10.0. The Bertz CT molecular complexity index is 973. The van der Waals surface area contributed by atoms with Gasteiger partial charge in [0, 0.05) is 24.5 Å². The van der Waals surface area contributed by atoms with Crippen LogP contribution in [0.2, 0.25) is 0 Å². The number of hydrogen-bond donors (Lipinski definition) is 0. The third-order valence-corrected chi connectivity index (χ3v) is 8.37. The third kappa shape index (κ3) is 3.27. The average molecular weight is 412 g/mol. The molecular weight excluding hydrogens is 386 g/mol. The number of benzene rings is 1. The molecule has 0 spiro atoms. The zero-order valence-corrected chi connectivity index (χ0v) is 17.9. The van der Waals surface area contributed by atoms with Crippen LogP contribution in [-0.4, -0.2) is 40.8 Å². The van der Waals surface area contributed by atoms with Crippen LogP contribution in [0.5, 0.6) is 0 Å². The van der Waals surface area contributed by atoms with Crippen molar-refractivity contribution in [3.05, 3.63) is 51.2 Å². The van der Waals surface area contributed by atoms with Crippen molar-refractivity contribution < 1.29 is 4.79 Å². The van der Waals surface area contributed by atoms with Gasteiger partial charge in [0.15, 0.2) is 0 Å². The number of thiophene rings is 1. The van der Waals surface area contributed by atoms with E-state index in [1.54, 1.807) is 11.3 Å². The Morgan fingerprint density at radius 2 is 2.14 bits per heavy atom. The van der Waals surface area contributed by atoms with Gasteiger partial charge in [0.05, 0.1) is 22.8 Å². The summed E-state index contributed by atoms with van der Waals surface area (Å²) in [6.07, 6.45) is 3.66. The summed E-state index contributed by atoms with van der Waals surface area (Å²) in [4.78, 5) is 23.7. The second-order valence-corrected chi connectivity index (χ2v) is 10.1. The molecule has 28 heavy (non-hydrogen) atoms. The van der Waals surface area contributed by atoms with Gasteiger partial charge in [-0.1, -0.05) is 12.1 Å². The van der Waals surface area contributed by atoms with Crippen molar-refractivity contribution in [2.45, 2.75) is 38.3 Å². The van der Waals surface area contributed by atoms with Gasteiger partial charge in [-0.2, -0.15) is 0 Å². The standard InChI is InChI=1S/C22H25N3OS2/c1-14(22-23-17-5-3-4-6-19(17)28-22)24(2)20(26)13-25-11-9-18-16(10-12-27-18)21(25)15-7-8-15/h3-6,10,12,14-15,21H,7-9,11,13H2,1-2H3/t14-,21+/m0/s1. The van der Waals surface area contributed by atoms with Crippen LogP contribution in [0.15, 0.2) is 35.7 Å². The van der Waals surface area contributed by atoms with E-state index in [1.807, 2.05) is 41.5 Å². The lowest BCUT2D eigenvalue weighted by atomic mass is 9.96. The van der Waals surface area contributed by atoms with Crippen LogP contribution in [0.4, 0.5) is 0 Å². The van der Waals surface area contributed by atoms with Crippen LogP contribution in [0.1, 0.15) is 47.3 Å². The van der Waals surface area contributed by atoms with Crippen LogP contribution in [0.3, 0.4) is 0 Å². The van der Waals surface area contributed by atoms with Crippen molar-refractivity contribution in [1.29, 1.82) is 0 Å². The normalized spacial score (nSPS) is 20.9. The first-order chi connectivity index (χ1) is 13.6. The van der Waals surface area contributed by atoms with E-state index in [-0.39, 0.29) is 11.9 Å². The third-order valence-electron chi connectivity index (χ3n) is 6.17. The number of para-hydroxylation sites is 1. The lowest BCUT2D eigenvalue weighted by molar-refractivity contribution is -0.133. The van der Waals surface area contributed by atoms with Crippen molar-refractivity contribution in [3.8, 4) is 0 Å². The SMILES string of the molecule is C[C@@H](c1nc2ccccc2s1)N(C)C(=O)CN1CCc2sccc2[C@H]1C1CC1. The largest absolute Gasteiger partial charge is 0.335 e. The summed E-state index contributed by atoms with van der Waals surface area (Å²) in [5.41, 5.74) is 2.50. The van der Waals surface area contributed by atoms with Crippen LogP contribution < -0.4 is 0 Å². The topological polar surface area (TPSA) is 36.4 Å². The number of likely N-dealkylation sites (N-methyl/N-ethyl adjacent to an activating group) is 1. The molecule has 1 amide bonds. The first kappa shape index (κ1) is 18.3. The molecule has 6 heteroatoms. The second-order valence-electron chi connectivity index (χ2n) is 8.00. The Labute approximate surface area is 173 Å². The Kier molecular flexibility index (Phi) is 4.73. The van der Waals surface area contributed by atoms with Crippen LogP contribution in [0, 0.1) is 5.92 Å². The van der Waals surface area contributed by atoms with Crippen molar-refractivity contribution in [3.63, 3.8) is 0 Å². The molecule has 0 N–H and O–H groups in total. The molecule has 1 aliphatic heterocycles. The Morgan fingerprint density at radius 1 is 1.32 bits per heavy atom. The summed E-state index contributed by atoms with van der Waals surface area (Å²) < 4.78 is 1.18. The molecular formula is C22H25N3OS2. The highest BCUT2D eigenvalue weighted by molar-refractivity contribution is 7.18. The van der Waals surface area contributed by atoms with Gasteiger partial charge in [-0.05, 0) is 61.2 Å². The van der Waals surface area contributed by atoms with Crippen LogP contribution in [0.25, 0.3) is 10.2 Å². The van der Waals surface area contributed by atoms with Gasteiger partial charge in [0.25, 0.3) is 0 Å². The minimum Gasteiger partial charge on any atom is -0.335 e. The Morgan fingerprint density at radius 3 is 2.93 bits per heavy atom. The lowest BCUT2D eigenvalue weighted by Crippen LogP contribution is -2.44. The quantitative estimate of drug-likeness (QED) is 0.600. The molecule has 3 heterocycles. The molecule has 1 aliphatic carbocycles. The minimum absolute atomic E-state index is 0.00854. The molecule has 2 atom stereocenters. The summed E-state index contributed by atoms with van der Waals surface area (Å²) in [7, 11) is 1.92. The fourth-order valence-electron chi connectivity index (χ4n) is 4.28. The fraction of sp³-hybridized carbons (Fsp3) is 0.455. The number of nitrogens with zero attached hydrogens (tertiary/aromatic N) is 3. The van der Waals surface area contributed by atoms with E-state index in [2.05, 4.69) is 29.3 Å². The summed E-state index contributed by atoms with van der Waals surface area (Å²) in [6, 6.07) is 10.9. The predicted octanol–water partition coefficient (Wildman–Crippen LogP) is 4.89. The van der Waals surface area contributed by atoms with E-state index in [0.717, 1.165) is 29.4 Å². The van der Waals surface area contributed by atoms with E-state index in [9.17, 15) is 4.79 Å². The lowest BCUT2D eigenvalue weighted by Gasteiger charge is -2.37. The molecule has 0 radical (unpaired) electrons. The van der Waals surface area contributed by atoms with E-state index >= 15 is 0 Å². The number of carbonyl (C=O) groups excluding carboxylic acids is 1. The van der Waals surface area contributed by atoms with Gasteiger partial charge in [0.2, 0.25) is 5.91 Å². The molecule has 3 aromatic rings. The van der Waals surface area contributed by atoms with Gasteiger partial charge >= 0.3 is 0 Å². The van der Waals surface area contributed by atoms with E-state index < -0.39 is 0 Å². The molecule has 5 rings (SSSR count). The predicted molar refractivity (Wildman–Crippen MR) is 116 cm³/mol. The molecule has 2 aliphatic rings. The summed E-state index contributed by atoms with van der Waals surface area (Å²) in [5.74, 6) is 0.921. The Balaban J connectivity index is 1.32. The van der Waals surface area contributed by atoms with Crippen molar-refractivity contribution >= 4 is 38.8 Å². The highest BCUT2D eigenvalue weighted by atomic mass is 32.1. The van der Waals surface area contributed by atoms with E-state index in [0.29, 0.717) is 12.6 Å². The number of amides is 1. The van der Waals surface area contributed by atoms with Crippen LogP contribution in [-0.2, 0) is 11.2 Å². The summed E-state index contributed by atoms with van der Waals surface area (Å²) in [6.45, 7) is 3.58. The molecule has 4 nitrogen and oxygen atoms in total. The van der Waals surface area contributed by atoms with E-state index in [4.69, 9.17) is 4.98 Å². The molecule has 0 saturated heterocycles. The fourth-order valence-corrected chi connectivity index (χ4v) is 6.25. The highest BCUT2D eigenvalue weighted by Gasteiger charge is 2.40. The molecule has 0 unspecified atom stereocenters. The van der Waals surface area contributed by atoms with Gasteiger partial charge in [-0.3, -0.25) is 9.69 Å². The van der Waals surface area contributed by atoms with Crippen molar-refractivity contribution in [2.75, 3.05) is 20.1 Å². The maximum Gasteiger partial charge on any atom is 0.237 e. The number of fused-ring (bicyclic) bond motifs is 2. The van der Waals surface area contributed by atoms with Gasteiger partial charge in [-0.15, -0.1) is 22.7 Å². The van der Waals surface area contributed by atoms with Crippen molar-refractivity contribution in [1.82, 2.24) is 14.8 Å². The molecule has 0 bridgehead atoms. The molecule has 1 saturated carbocycles. The maximum absolute atomic E-state index is 13.1. The number of thiazole rings is 1. The second kappa shape index (κ2) is 7.25. The monoisotopic (exact) mass is 411 g/mol. The molecule has 146 valence electrons. The minimum atomic E-state index is -0.00854. The molecule has 1 aromatic carbocycles. The zero-order valence-electron chi connectivity index (χ0n) is 16.3. The smallest absolute Gasteiger partial charge is 0.237 e. The summed E-state index contributed by atoms with van der Waals surface area (Å²) >= 11 is 3.56. The molecule has 1 fully saturated rings. The summed E-state index contributed by atoms with van der Waals surface area (Å²) in [5, 5.41) is 3.22. The van der Waals surface area contributed by atoms with Gasteiger partial charge in [-0.25, -0.2) is 4.98 Å². The van der Waals surface area contributed by atoms with Crippen LogP contribution >= 0.6 is 22.7 Å². The number of rotatable bonds is 5. The number of carbonyl (C=O) groups is 1. The van der Waals surface area contributed by atoms with E-state index in [1.165, 1.54) is 28.0 Å². The van der Waals surface area contributed by atoms with Gasteiger partial charge in [0.1, 0.15) is 5.01 Å². The van der Waals surface area contributed by atoms with Crippen molar-refractivity contribution in [2.24, 2.45) is 5.92 Å².